The molecule has 0 fully saturated rings. The van der Waals surface area contributed by atoms with Gasteiger partial charge in [-0.15, -0.1) is 11.3 Å². The first kappa shape index (κ1) is 16.7. The third kappa shape index (κ3) is 2.85. The van der Waals surface area contributed by atoms with E-state index in [1.165, 1.54) is 24.8 Å². The highest BCUT2D eigenvalue weighted by atomic mass is 35.5. The number of halogens is 1. The minimum absolute atomic E-state index is 0.0345. The Bertz CT molecular complexity index is 1160. The Morgan fingerprint density at radius 3 is 2.77 bits per heavy atom. The summed E-state index contributed by atoms with van der Waals surface area (Å²) in [6, 6.07) is 9.58. The van der Waals surface area contributed by atoms with Crippen LogP contribution in [0.1, 0.15) is 10.6 Å². The fourth-order valence-electron chi connectivity index (χ4n) is 2.66. The lowest BCUT2D eigenvalue weighted by molar-refractivity contribution is 0.401. The second-order valence-electron chi connectivity index (χ2n) is 5.69. The van der Waals surface area contributed by atoms with Gasteiger partial charge >= 0.3 is 0 Å². The van der Waals surface area contributed by atoms with Crippen molar-refractivity contribution < 1.29 is 4.74 Å². The van der Waals surface area contributed by atoms with Crippen molar-refractivity contribution in [3.8, 4) is 0 Å². The van der Waals surface area contributed by atoms with Crippen LogP contribution >= 0.6 is 22.9 Å². The number of fused-ring (bicyclic) bond motifs is 3. The van der Waals surface area contributed by atoms with Crippen molar-refractivity contribution in [2.24, 2.45) is 0 Å². The first-order chi connectivity index (χ1) is 12.6. The predicted molar refractivity (Wildman–Crippen MR) is 106 cm³/mol. The van der Waals surface area contributed by atoms with E-state index < -0.39 is 0 Å². The van der Waals surface area contributed by atoms with E-state index in [9.17, 15) is 0 Å². The van der Waals surface area contributed by atoms with Crippen LogP contribution in [-0.4, -0.2) is 28.0 Å². The minimum atomic E-state index is 0.0345. The third-order valence-electron chi connectivity index (χ3n) is 3.93. The van der Waals surface area contributed by atoms with E-state index in [-0.39, 0.29) is 5.90 Å². The highest BCUT2D eigenvalue weighted by Gasteiger charge is 2.16. The highest BCUT2D eigenvalue weighted by molar-refractivity contribution is 7.21. The van der Waals surface area contributed by atoms with Crippen molar-refractivity contribution in [3.05, 3.63) is 52.3 Å². The zero-order valence-electron chi connectivity index (χ0n) is 14.0. The van der Waals surface area contributed by atoms with Crippen LogP contribution in [0.2, 0.25) is 5.02 Å². The minimum Gasteiger partial charge on any atom is -0.479 e. The molecule has 26 heavy (non-hydrogen) atoms. The van der Waals surface area contributed by atoms with Crippen molar-refractivity contribution >= 4 is 61.5 Å². The van der Waals surface area contributed by atoms with Gasteiger partial charge in [0.05, 0.1) is 38.9 Å². The van der Waals surface area contributed by atoms with E-state index in [2.05, 4.69) is 20.3 Å². The number of nitrogens with one attached hydrogen (secondary N) is 2. The molecular formula is C18H14ClN5OS. The van der Waals surface area contributed by atoms with Crippen LogP contribution in [0.3, 0.4) is 0 Å². The predicted octanol–water partition coefficient (Wildman–Crippen LogP) is 4.92. The molecule has 2 aromatic carbocycles. The molecule has 2 N–H and O–H groups in total. The smallest absolute Gasteiger partial charge is 0.242 e. The lowest BCUT2D eigenvalue weighted by Gasteiger charge is -2.10. The van der Waals surface area contributed by atoms with Crippen molar-refractivity contribution in [3.63, 3.8) is 0 Å². The topological polar surface area (TPSA) is 83.8 Å². The molecule has 8 heteroatoms. The Kier molecular flexibility index (Phi) is 4.18. The van der Waals surface area contributed by atoms with E-state index in [0.29, 0.717) is 15.8 Å². The van der Waals surface area contributed by atoms with Crippen LogP contribution in [0.5, 0.6) is 0 Å². The van der Waals surface area contributed by atoms with Gasteiger partial charge in [-0.2, -0.15) is 0 Å². The summed E-state index contributed by atoms with van der Waals surface area (Å²) in [6.07, 6.45) is 1.51. The summed E-state index contributed by atoms with van der Waals surface area (Å²) in [5.74, 6) is 0.679. The lowest BCUT2D eigenvalue weighted by Crippen LogP contribution is -1.99. The maximum atomic E-state index is 7.86. The average Bonchev–Trinajstić information content (AvgIpc) is 3.08. The summed E-state index contributed by atoms with van der Waals surface area (Å²) in [5, 5.41) is 13.1. The molecule has 0 aliphatic heterocycles. The lowest BCUT2D eigenvalue weighted by atomic mass is 10.2. The molecule has 2 aromatic heterocycles. The maximum absolute atomic E-state index is 7.86. The number of benzene rings is 2. The number of aromatic nitrogens is 3. The molecule has 4 rings (SSSR count). The molecule has 0 amide bonds. The van der Waals surface area contributed by atoms with Crippen LogP contribution in [0.25, 0.3) is 21.1 Å². The third-order valence-corrected chi connectivity index (χ3v) is 5.33. The number of aryl methyl sites for hydroxylation is 1. The van der Waals surface area contributed by atoms with Crippen LogP contribution in [0.15, 0.2) is 36.7 Å². The number of methoxy groups -OCH3 is 1. The van der Waals surface area contributed by atoms with Crippen LogP contribution < -0.4 is 5.32 Å². The van der Waals surface area contributed by atoms with E-state index in [1.807, 2.05) is 37.3 Å². The normalized spacial score (nSPS) is 11.0. The summed E-state index contributed by atoms with van der Waals surface area (Å²) >= 11 is 7.73. The second kappa shape index (κ2) is 6.51. The summed E-state index contributed by atoms with van der Waals surface area (Å²) in [7, 11) is 1.46. The molecule has 0 saturated carbocycles. The monoisotopic (exact) mass is 383 g/mol. The number of ether oxygens (including phenoxy) is 1. The Morgan fingerprint density at radius 1 is 1.19 bits per heavy atom. The molecule has 0 atom stereocenters. The Labute approximate surface area is 158 Å². The number of hydrogen-bond donors (Lipinski definition) is 2. The molecule has 0 aliphatic carbocycles. The summed E-state index contributed by atoms with van der Waals surface area (Å²) in [5.41, 5.74) is 3.41. The van der Waals surface area contributed by atoms with Gasteiger partial charge in [0.15, 0.2) is 5.01 Å². The average molecular weight is 384 g/mol. The van der Waals surface area contributed by atoms with Crippen molar-refractivity contribution in [2.75, 3.05) is 12.4 Å². The quantitative estimate of drug-likeness (QED) is 0.387. The molecule has 4 aromatic rings. The SMILES string of the molecule is COC(=N)c1nc2ccc3ncnc(Nc4ccc(C)cc4Cl)c3c2s1. The van der Waals surface area contributed by atoms with Gasteiger partial charge in [0, 0.05) is 0 Å². The van der Waals surface area contributed by atoms with E-state index in [0.717, 1.165) is 32.4 Å². The Balaban J connectivity index is 1.91. The fraction of sp³-hybridized carbons (Fsp3) is 0.111. The number of nitrogens with zero attached hydrogens (tertiary/aromatic N) is 3. The van der Waals surface area contributed by atoms with E-state index >= 15 is 0 Å². The van der Waals surface area contributed by atoms with Crippen molar-refractivity contribution in [2.45, 2.75) is 6.92 Å². The van der Waals surface area contributed by atoms with Crippen molar-refractivity contribution in [1.29, 1.82) is 5.41 Å². The molecule has 0 saturated heterocycles. The van der Waals surface area contributed by atoms with Gasteiger partial charge in [0.2, 0.25) is 5.90 Å². The van der Waals surface area contributed by atoms with Gasteiger partial charge in [0.1, 0.15) is 12.1 Å². The Morgan fingerprint density at radius 2 is 2.00 bits per heavy atom. The number of hydrogen-bond acceptors (Lipinski definition) is 7. The molecule has 0 aliphatic rings. The molecule has 0 radical (unpaired) electrons. The fourth-order valence-corrected chi connectivity index (χ4v) is 3.98. The zero-order chi connectivity index (χ0) is 18.3. The molecular weight excluding hydrogens is 370 g/mol. The Hall–Kier alpha value is -2.77. The van der Waals surface area contributed by atoms with Gasteiger partial charge in [0.25, 0.3) is 0 Å². The van der Waals surface area contributed by atoms with Crippen molar-refractivity contribution in [1.82, 2.24) is 15.0 Å². The largest absolute Gasteiger partial charge is 0.479 e. The molecule has 0 unspecified atom stereocenters. The molecule has 0 bridgehead atoms. The van der Waals surface area contributed by atoms with Gasteiger partial charge < -0.3 is 10.1 Å². The molecule has 6 nitrogen and oxygen atoms in total. The number of thiazole rings is 1. The first-order valence-corrected chi connectivity index (χ1v) is 8.96. The van der Waals surface area contributed by atoms with Crippen LogP contribution in [0, 0.1) is 12.3 Å². The van der Waals surface area contributed by atoms with Gasteiger partial charge in [-0.05, 0) is 36.8 Å². The first-order valence-electron chi connectivity index (χ1n) is 7.77. The van der Waals surface area contributed by atoms with Gasteiger partial charge in [-0.1, -0.05) is 17.7 Å². The molecule has 2 heterocycles. The summed E-state index contributed by atoms with van der Waals surface area (Å²) in [4.78, 5) is 13.2. The highest BCUT2D eigenvalue weighted by Crippen LogP contribution is 2.35. The number of anilines is 2. The van der Waals surface area contributed by atoms with Crippen LogP contribution in [0.4, 0.5) is 11.5 Å². The zero-order valence-corrected chi connectivity index (χ0v) is 15.6. The summed E-state index contributed by atoms with van der Waals surface area (Å²) in [6.45, 7) is 1.99. The van der Waals surface area contributed by atoms with Gasteiger partial charge in [-0.3, -0.25) is 5.41 Å². The molecule has 130 valence electrons. The number of rotatable bonds is 3. The summed E-state index contributed by atoms with van der Waals surface area (Å²) < 4.78 is 5.89. The van der Waals surface area contributed by atoms with E-state index in [4.69, 9.17) is 21.7 Å². The maximum Gasteiger partial charge on any atom is 0.242 e. The van der Waals surface area contributed by atoms with Crippen LogP contribution in [-0.2, 0) is 4.74 Å². The standard InChI is InChI=1S/C18H14ClN5OS/c1-9-3-4-11(10(19)7-9)23-17-14-12(21-8-22-17)5-6-13-15(14)26-18(24-13)16(20)25-2/h3-8,20H,1-2H3,(H,21,22,23). The molecule has 0 spiro atoms. The second-order valence-corrected chi connectivity index (χ2v) is 7.10. The van der Waals surface area contributed by atoms with E-state index in [1.54, 1.807) is 0 Å². The van der Waals surface area contributed by atoms with Gasteiger partial charge in [-0.25, -0.2) is 15.0 Å².